The highest BCUT2D eigenvalue weighted by atomic mass is 19.1. The van der Waals surface area contributed by atoms with E-state index in [-0.39, 0.29) is 18.9 Å². The molecule has 1 atom stereocenters. The molecule has 0 aliphatic carbocycles. The molecule has 1 unspecified atom stereocenters. The standard InChI is InChI=1S/C16H19F2N3O2/c1-10-11(9-21(2)20-10)6-7-15(23)19-8-14(22)16-12(17)4-3-5-13(16)18/h3-5,9,14,22H,6-8H2,1-2H3,(H,19,23). The number of carbonyl (C=O) groups is 1. The molecule has 124 valence electrons. The first-order chi connectivity index (χ1) is 10.9. The largest absolute Gasteiger partial charge is 0.386 e. The maximum atomic E-state index is 13.5. The Kier molecular flexibility index (Phi) is 5.44. The fraction of sp³-hybridized carbons (Fsp3) is 0.375. The van der Waals surface area contributed by atoms with E-state index in [0.29, 0.717) is 6.42 Å². The van der Waals surface area contributed by atoms with E-state index in [0.717, 1.165) is 23.4 Å². The Morgan fingerprint density at radius 3 is 2.61 bits per heavy atom. The van der Waals surface area contributed by atoms with Crippen LogP contribution >= 0.6 is 0 Å². The van der Waals surface area contributed by atoms with Crippen LogP contribution in [-0.4, -0.2) is 27.3 Å². The highest BCUT2D eigenvalue weighted by molar-refractivity contribution is 5.76. The Bertz CT molecular complexity index is 680. The molecule has 1 aromatic carbocycles. The van der Waals surface area contributed by atoms with Crippen molar-refractivity contribution < 1.29 is 18.7 Å². The van der Waals surface area contributed by atoms with E-state index in [4.69, 9.17) is 0 Å². The van der Waals surface area contributed by atoms with Crippen molar-refractivity contribution in [1.29, 1.82) is 0 Å². The van der Waals surface area contributed by atoms with Gasteiger partial charge in [0.25, 0.3) is 0 Å². The van der Waals surface area contributed by atoms with Crippen LogP contribution in [0.1, 0.15) is 29.3 Å². The molecule has 0 spiro atoms. The summed E-state index contributed by atoms with van der Waals surface area (Å²) < 4.78 is 28.7. The molecule has 7 heteroatoms. The van der Waals surface area contributed by atoms with Gasteiger partial charge in [0.15, 0.2) is 0 Å². The Balaban J connectivity index is 1.85. The molecule has 2 rings (SSSR count). The Labute approximate surface area is 132 Å². The molecular weight excluding hydrogens is 304 g/mol. The molecular formula is C16H19F2N3O2. The topological polar surface area (TPSA) is 67.2 Å². The molecule has 0 bridgehead atoms. The van der Waals surface area contributed by atoms with Crippen molar-refractivity contribution >= 4 is 5.91 Å². The van der Waals surface area contributed by atoms with Gasteiger partial charge in [0, 0.05) is 26.2 Å². The molecule has 1 heterocycles. The lowest BCUT2D eigenvalue weighted by Gasteiger charge is -2.13. The Morgan fingerprint density at radius 1 is 1.39 bits per heavy atom. The first-order valence-electron chi connectivity index (χ1n) is 7.26. The molecule has 2 aromatic rings. The molecule has 2 N–H and O–H groups in total. The lowest BCUT2D eigenvalue weighted by molar-refractivity contribution is -0.121. The van der Waals surface area contributed by atoms with Crippen molar-refractivity contribution in [3.63, 3.8) is 0 Å². The first-order valence-corrected chi connectivity index (χ1v) is 7.26. The second-order valence-corrected chi connectivity index (χ2v) is 5.37. The van der Waals surface area contributed by atoms with Crippen LogP contribution in [0.2, 0.25) is 0 Å². The maximum Gasteiger partial charge on any atom is 0.220 e. The van der Waals surface area contributed by atoms with E-state index in [9.17, 15) is 18.7 Å². The summed E-state index contributed by atoms with van der Waals surface area (Å²) >= 11 is 0. The minimum Gasteiger partial charge on any atom is -0.386 e. The van der Waals surface area contributed by atoms with Crippen LogP contribution in [0.5, 0.6) is 0 Å². The minimum absolute atomic E-state index is 0.207. The number of nitrogens with zero attached hydrogens (tertiary/aromatic N) is 2. The van der Waals surface area contributed by atoms with Crippen molar-refractivity contribution in [2.75, 3.05) is 6.54 Å². The van der Waals surface area contributed by atoms with Crippen LogP contribution in [0, 0.1) is 18.6 Å². The third-order valence-corrected chi connectivity index (χ3v) is 3.56. The van der Waals surface area contributed by atoms with E-state index in [1.165, 1.54) is 6.07 Å². The smallest absolute Gasteiger partial charge is 0.220 e. The summed E-state index contributed by atoms with van der Waals surface area (Å²) in [6.07, 6.45) is 1.13. The summed E-state index contributed by atoms with van der Waals surface area (Å²) in [6, 6.07) is 3.35. The second kappa shape index (κ2) is 7.32. The molecule has 1 amide bonds. The number of aromatic nitrogens is 2. The highest BCUT2D eigenvalue weighted by Crippen LogP contribution is 2.20. The molecule has 0 aliphatic heterocycles. The lowest BCUT2D eigenvalue weighted by atomic mass is 10.1. The van der Waals surface area contributed by atoms with E-state index >= 15 is 0 Å². The number of nitrogens with one attached hydrogen (secondary N) is 1. The molecule has 0 saturated carbocycles. The molecule has 1 aromatic heterocycles. The predicted molar refractivity (Wildman–Crippen MR) is 80.6 cm³/mol. The second-order valence-electron chi connectivity index (χ2n) is 5.37. The van der Waals surface area contributed by atoms with Gasteiger partial charge in [-0.1, -0.05) is 6.07 Å². The average molecular weight is 323 g/mol. The number of halogens is 2. The van der Waals surface area contributed by atoms with Gasteiger partial charge in [-0.15, -0.1) is 0 Å². The molecule has 0 aliphatic rings. The molecule has 5 nitrogen and oxygen atoms in total. The van der Waals surface area contributed by atoms with Crippen molar-refractivity contribution in [2.45, 2.75) is 25.9 Å². The van der Waals surface area contributed by atoms with Crippen LogP contribution < -0.4 is 5.32 Å². The number of amides is 1. The van der Waals surface area contributed by atoms with Crippen molar-refractivity contribution in [3.8, 4) is 0 Å². The Hall–Kier alpha value is -2.28. The summed E-state index contributed by atoms with van der Waals surface area (Å²) in [6.45, 7) is 1.61. The van der Waals surface area contributed by atoms with Gasteiger partial charge in [0.1, 0.15) is 17.7 Å². The number of aryl methyl sites for hydroxylation is 3. The first kappa shape index (κ1) is 17.1. The summed E-state index contributed by atoms with van der Waals surface area (Å²) in [5.74, 6) is -1.97. The van der Waals surface area contributed by atoms with Gasteiger partial charge in [-0.25, -0.2) is 8.78 Å². The average Bonchev–Trinajstić information content (AvgIpc) is 2.80. The van der Waals surface area contributed by atoms with E-state index in [1.54, 1.807) is 11.7 Å². The van der Waals surface area contributed by atoms with E-state index < -0.39 is 23.3 Å². The van der Waals surface area contributed by atoms with Crippen LogP contribution in [0.25, 0.3) is 0 Å². The lowest BCUT2D eigenvalue weighted by Crippen LogP contribution is -2.29. The molecule has 23 heavy (non-hydrogen) atoms. The summed E-state index contributed by atoms with van der Waals surface area (Å²) in [7, 11) is 1.80. The molecule has 0 saturated heterocycles. The third-order valence-electron chi connectivity index (χ3n) is 3.56. The zero-order valence-corrected chi connectivity index (χ0v) is 13.0. The quantitative estimate of drug-likeness (QED) is 0.852. The predicted octanol–water partition coefficient (Wildman–Crippen LogP) is 1.79. The number of hydrogen-bond acceptors (Lipinski definition) is 3. The normalized spacial score (nSPS) is 12.2. The molecule has 0 fully saturated rings. The van der Waals surface area contributed by atoms with Crippen LogP contribution in [0.3, 0.4) is 0 Å². The SMILES string of the molecule is Cc1nn(C)cc1CCC(=O)NCC(O)c1c(F)cccc1F. The number of hydrogen-bond donors (Lipinski definition) is 2. The number of benzene rings is 1. The number of aliphatic hydroxyl groups is 1. The monoisotopic (exact) mass is 323 g/mol. The number of carbonyl (C=O) groups excluding carboxylic acids is 1. The fourth-order valence-corrected chi connectivity index (χ4v) is 2.37. The van der Waals surface area contributed by atoms with E-state index in [2.05, 4.69) is 10.4 Å². The maximum absolute atomic E-state index is 13.5. The van der Waals surface area contributed by atoms with Crippen LogP contribution in [0.4, 0.5) is 8.78 Å². The molecule has 0 radical (unpaired) electrons. The van der Waals surface area contributed by atoms with Gasteiger partial charge in [-0.05, 0) is 31.0 Å². The minimum atomic E-state index is -1.43. The summed E-state index contributed by atoms with van der Waals surface area (Å²) in [5.41, 5.74) is 1.38. The van der Waals surface area contributed by atoms with Crippen LogP contribution in [-0.2, 0) is 18.3 Å². The zero-order valence-electron chi connectivity index (χ0n) is 13.0. The Morgan fingerprint density at radius 2 is 2.04 bits per heavy atom. The number of aliphatic hydroxyl groups excluding tert-OH is 1. The summed E-state index contributed by atoms with van der Waals surface area (Å²) in [4.78, 5) is 11.8. The van der Waals surface area contributed by atoms with Crippen molar-refractivity contribution in [2.24, 2.45) is 7.05 Å². The van der Waals surface area contributed by atoms with Crippen molar-refractivity contribution in [1.82, 2.24) is 15.1 Å². The summed E-state index contributed by atoms with van der Waals surface area (Å²) in [5, 5.41) is 16.5. The zero-order chi connectivity index (χ0) is 17.0. The fourth-order valence-electron chi connectivity index (χ4n) is 2.37. The van der Waals surface area contributed by atoms with Crippen LogP contribution in [0.15, 0.2) is 24.4 Å². The highest BCUT2D eigenvalue weighted by Gasteiger charge is 2.18. The van der Waals surface area contributed by atoms with Gasteiger partial charge in [0.05, 0.1) is 11.3 Å². The van der Waals surface area contributed by atoms with Gasteiger partial charge in [-0.3, -0.25) is 9.48 Å². The van der Waals surface area contributed by atoms with Gasteiger partial charge >= 0.3 is 0 Å². The van der Waals surface area contributed by atoms with Gasteiger partial charge in [-0.2, -0.15) is 5.10 Å². The van der Waals surface area contributed by atoms with Gasteiger partial charge < -0.3 is 10.4 Å². The third kappa shape index (κ3) is 4.35. The van der Waals surface area contributed by atoms with Crippen molar-refractivity contribution in [3.05, 3.63) is 52.9 Å². The number of rotatable bonds is 6. The van der Waals surface area contributed by atoms with E-state index in [1.807, 2.05) is 13.1 Å². The van der Waals surface area contributed by atoms with Gasteiger partial charge in [0.2, 0.25) is 5.91 Å².